The summed E-state index contributed by atoms with van der Waals surface area (Å²) < 4.78 is 24.7. The van der Waals surface area contributed by atoms with Gasteiger partial charge in [0.25, 0.3) is 11.0 Å². The Kier molecular flexibility index (Phi) is 4.26. The molecule has 2 unspecified atom stereocenters. The summed E-state index contributed by atoms with van der Waals surface area (Å²) in [4.78, 5) is 0. The lowest BCUT2D eigenvalue weighted by Crippen LogP contribution is -2.19. The van der Waals surface area contributed by atoms with Crippen LogP contribution in [0, 0.1) is 13.8 Å². The van der Waals surface area contributed by atoms with Gasteiger partial charge in [-0.1, -0.05) is 29.8 Å². The molecule has 83 valence electrons. The van der Waals surface area contributed by atoms with Crippen LogP contribution in [0.25, 0.3) is 0 Å². The smallest absolute Gasteiger partial charge is 0.259 e. The van der Waals surface area contributed by atoms with Gasteiger partial charge in [0, 0.05) is 5.92 Å². The van der Waals surface area contributed by atoms with Crippen molar-refractivity contribution >= 4 is 11.0 Å². The Hall–Kier alpha value is -0.910. The summed E-state index contributed by atoms with van der Waals surface area (Å²) in [5.74, 6) is -0.626. The lowest BCUT2D eigenvalue weighted by atomic mass is 10.00. The van der Waals surface area contributed by atoms with Gasteiger partial charge < -0.3 is 5.11 Å². The van der Waals surface area contributed by atoms with E-state index in [0.717, 1.165) is 11.1 Å². The highest BCUT2D eigenvalue weighted by Gasteiger charge is 2.17. The number of hydrogen-bond donors (Lipinski definition) is 2. The predicted molar refractivity (Wildman–Crippen MR) is 56.7 cm³/mol. The minimum Gasteiger partial charge on any atom is -0.366 e. The van der Waals surface area contributed by atoms with Gasteiger partial charge in [-0.2, -0.15) is 0 Å². The summed E-state index contributed by atoms with van der Waals surface area (Å²) in [6.45, 7) is 5.58. The van der Waals surface area contributed by atoms with Gasteiger partial charge in [0.15, 0.2) is 6.29 Å². The maximum Gasteiger partial charge on any atom is 0.259 e. The van der Waals surface area contributed by atoms with Gasteiger partial charge in [-0.3, -0.25) is 0 Å². The molecule has 0 fully saturated rings. The van der Waals surface area contributed by atoms with E-state index in [-0.39, 0.29) is 0 Å². The van der Waals surface area contributed by atoms with Crippen LogP contribution in [0.4, 0.5) is 0 Å². The molecule has 0 saturated carbocycles. The van der Waals surface area contributed by atoms with E-state index in [2.05, 4.69) is 11.1 Å². The van der Waals surface area contributed by atoms with E-state index in [9.17, 15) is 13.5 Å². The fourth-order valence-electron chi connectivity index (χ4n) is 1.14. The molecule has 0 aliphatic rings. The Bertz CT molecular complexity index is 375. The second kappa shape index (κ2) is 5.25. The van der Waals surface area contributed by atoms with Gasteiger partial charge in [0.1, 0.15) is 0 Å². The Balaban J connectivity index is 2.75. The first-order chi connectivity index (χ1) is 7.00. The number of rotatable bonds is 4. The van der Waals surface area contributed by atoms with E-state index in [1.165, 1.54) is 0 Å². The van der Waals surface area contributed by atoms with Crippen LogP contribution < -0.4 is 0 Å². The molecule has 5 heteroatoms. The van der Waals surface area contributed by atoms with Crippen molar-refractivity contribution < 1.29 is 17.7 Å². The van der Waals surface area contributed by atoms with Crippen molar-refractivity contribution in [3.8, 4) is 0 Å². The van der Waals surface area contributed by atoms with Gasteiger partial charge in [0.2, 0.25) is 0 Å². The molecule has 0 amide bonds. The van der Waals surface area contributed by atoms with E-state index in [0.29, 0.717) is 0 Å². The van der Waals surface area contributed by atoms with Crippen molar-refractivity contribution in [2.75, 3.05) is 0 Å². The number of aryl methyl sites for hydroxylation is 1. The van der Waals surface area contributed by atoms with Crippen molar-refractivity contribution in [2.24, 2.45) is 0 Å². The molecule has 4 nitrogen and oxygen atoms in total. The average Bonchev–Trinajstić information content (AvgIpc) is 2.17. The molecule has 0 saturated heterocycles. The van der Waals surface area contributed by atoms with Crippen molar-refractivity contribution in [2.45, 2.75) is 19.1 Å². The van der Waals surface area contributed by atoms with Crippen molar-refractivity contribution in [3.05, 3.63) is 42.3 Å². The van der Waals surface area contributed by atoms with Crippen LogP contribution in [0.1, 0.15) is 17.0 Å². The number of aliphatic hydroxyl groups excluding tert-OH is 1. The zero-order valence-electron chi connectivity index (χ0n) is 8.29. The van der Waals surface area contributed by atoms with Crippen LogP contribution in [0.15, 0.2) is 24.3 Å². The summed E-state index contributed by atoms with van der Waals surface area (Å²) in [6, 6.07) is 7.27. The van der Waals surface area contributed by atoms with Gasteiger partial charge in [-0.05, 0) is 19.4 Å². The van der Waals surface area contributed by atoms with Crippen LogP contribution >= 0.6 is 0 Å². The van der Waals surface area contributed by atoms with Crippen LogP contribution in [-0.4, -0.2) is 19.8 Å². The molecule has 2 atom stereocenters. The maximum absolute atomic E-state index is 10.2. The molecule has 15 heavy (non-hydrogen) atoms. The topological polar surface area (TPSA) is 63.6 Å². The third-order valence-electron chi connectivity index (χ3n) is 2.04. The monoisotopic (exact) mass is 229 g/mol. The Morgan fingerprint density at radius 1 is 1.33 bits per heavy atom. The first kappa shape index (κ1) is 12.2. The SMILES string of the molecule is [CH2]C(c1ccc(C)cc1)C(O)O[SH](=O)=O. The molecule has 1 N–H and O–H groups in total. The number of hydrogen-bond acceptors (Lipinski definition) is 4. The molecular weight excluding hydrogens is 216 g/mol. The van der Waals surface area contributed by atoms with E-state index in [4.69, 9.17) is 0 Å². The minimum absolute atomic E-state index is 0.626. The first-order valence-corrected chi connectivity index (χ1v) is 5.49. The molecule has 1 aromatic rings. The minimum atomic E-state index is -3.06. The number of aliphatic hydroxyl groups is 1. The summed E-state index contributed by atoms with van der Waals surface area (Å²) in [5, 5.41) is 9.34. The molecule has 0 spiro atoms. The molecule has 0 aromatic heterocycles. The lowest BCUT2D eigenvalue weighted by Gasteiger charge is -2.16. The van der Waals surface area contributed by atoms with Crippen molar-refractivity contribution in [3.63, 3.8) is 0 Å². The zero-order chi connectivity index (χ0) is 11.4. The van der Waals surface area contributed by atoms with Gasteiger partial charge in [-0.25, -0.2) is 12.6 Å². The standard InChI is InChI=1S/C10H13O4S/c1-7-3-5-9(6-4-7)8(2)10(11)14-15(12)13/h3-6,8,10-11,15H,2H2,1H3. The van der Waals surface area contributed by atoms with E-state index >= 15 is 0 Å². The third-order valence-corrected chi connectivity index (χ3v) is 2.43. The molecule has 0 heterocycles. The van der Waals surface area contributed by atoms with Crippen LogP contribution in [-0.2, 0) is 15.2 Å². The van der Waals surface area contributed by atoms with E-state index in [1.54, 1.807) is 12.1 Å². The fourth-order valence-corrected chi connectivity index (χ4v) is 1.46. The molecule has 1 radical (unpaired) electrons. The molecule has 1 aromatic carbocycles. The second-order valence-electron chi connectivity index (χ2n) is 3.24. The molecule has 0 aliphatic carbocycles. The maximum atomic E-state index is 10.2. The molecule has 0 bridgehead atoms. The Morgan fingerprint density at radius 2 is 1.87 bits per heavy atom. The second-order valence-corrected chi connectivity index (χ2v) is 3.89. The Labute approximate surface area is 90.7 Å². The zero-order valence-corrected chi connectivity index (χ0v) is 9.18. The normalized spacial score (nSPS) is 15.2. The molecule has 0 aliphatic heterocycles. The summed E-state index contributed by atoms with van der Waals surface area (Å²) in [7, 11) is -3.06. The van der Waals surface area contributed by atoms with Crippen LogP contribution in [0.5, 0.6) is 0 Å². The highest BCUT2D eigenvalue weighted by Crippen LogP contribution is 2.19. The quantitative estimate of drug-likeness (QED) is 0.591. The van der Waals surface area contributed by atoms with Crippen molar-refractivity contribution in [1.82, 2.24) is 0 Å². The van der Waals surface area contributed by atoms with Gasteiger partial charge >= 0.3 is 0 Å². The molecular formula is C10H13O4S. The predicted octanol–water partition coefficient (Wildman–Crippen LogP) is 0.774. The van der Waals surface area contributed by atoms with E-state index in [1.807, 2.05) is 19.1 Å². The lowest BCUT2D eigenvalue weighted by molar-refractivity contribution is -0.0194. The van der Waals surface area contributed by atoms with E-state index < -0.39 is 23.2 Å². The van der Waals surface area contributed by atoms with Gasteiger partial charge in [-0.15, -0.1) is 0 Å². The van der Waals surface area contributed by atoms with Gasteiger partial charge in [0.05, 0.1) is 0 Å². The van der Waals surface area contributed by atoms with Crippen LogP contribution in [0.3, 0.4) is 0 Å². The van der Waals surface area contributed by atoms with Crippen LogP contribution in [0.2, 0.25) is 0 Å². The summed E-state index contributed by atoms with van der Waals surface area (Å²) >= 11 is 0. The average molecular weight is 229 g/mol. The molecule has 1 rings (SSSR count). The first-order valence-electron chi connectivity index (χ1n) is 4.39. The highest BCUT2D eigenvalue weighted by molar-refractivity contribution is 7.67. The largest absolute Gasteiger partial charge is 0.366 e. The Morgan fingerprint density at radius 3 is 2.33 bits per heavy atom. The summed E-state index contributed by atoms with van der Waals surface area (Å²) in [5.41, 5.74) is 1.81. The fraction of sp³-hybridized carbons (Fsp3) is 0.300. The van der Waals surface area contributed by atoms with Crippen molar-refractivity contribution in [1.29, 1.82) is 0 Å². The summed E-state index contributed by atoms with van der Waals surface area (Å²) in [6.07, 6.45) is -1.44. The highest BCUT2D eigenvalue weighted by atomic mass is 32.2. The third kappa shape index (κ3) is 3.62. The number of benzene rings is 1. The number of thiol groups is 1.